The molecule has 0 saturated carbocycles. The maximum atomic E-state index is 11.5. The first-order valence-corrected chi connectivity index (χ1v) is 5.23. The summed E-state index contributed by atoms with van der Waals surface area (Å²) < 4.78 is 0. The average molecular weight is 199 g/mol. The molecule has 2 N–H and O–H groups in total. The van der Waals surface area contributed by atoms with E-state index in [9.17, 15) is 4.79 Å². The predicted molar refractivity (Wildman–Crippen MR) is 56.9 cm³/mol. The topological polar surface area (TPSA) is 49.6 Å². The quantitative estimate of drug-likeness (QED) is 0.690. The van der Waals surface area contributed by atoms with Crippen LogP contribution in [0.25, 0.3) is 0 Å². The summed E-state index contributed by atoms with van der Waals surface area (Å²) in [5.74, 6) is 0.0327. The highest BCUT2D eigenvalue weighted by Crippen LogP contribution is 2.15. The zero-order chi connectivity index (χ0) is 10.7. The molecule has 1 saturated heterocycles. The third-order valence-electron chi connectivity index (χ3n) is 2.92. The van der Waals surface area contributed by atoms with Crippen LogP contribution in [0.3, 0.4) is 0 Å². The van der Waals surface area contributed by atoms with Gasteiger partial charge < -0.3 is 15.5 Å². The third-order valence-corrected chi connectivity index (χ3v) is 2.92. The van der Waals surface area contributed by atoms with Gasteiger partial charge in [0.25, 0.3) is 0 Å². The Bertz CT molecular complexity index is 206. The van der Waals surface area contributed by atoms with Gasteiger partial charge in [-0.05, 0) is 33.4 Å². The van der Waals surface area contributed by atoms with Gasteiger partial charge in [0.1, 0.15) is 0 Å². The van der Waals surface area contributed by atoms with E-state index in [4.69, 9.17) is 5.73 Å². The van der Waals surface area contributed by atoms with Crippen molar-refractivity contribution in [3.8, 4) is 0 Å². The lowest BCUT2D eigenvalue weighted by Crippen LogP contribution is -2.45. The van der Waals surface area contributed by atoms with Crippen LogP contribution in [0.4, 0.5) is 0 Å². The van der Waals surface area contributed by atoms with Crippen molar-refractivity contribution in [1.82, 2.24) is 9.80 Å². The molecule has 0 aromatic rings. The molecule has 0 aliphatic carbocycles. The molecule has 0 bridgehead atoms. The van der Waals surface area contributed by atoms with Gasteiger partial charge in [0.2, 0.25) is 5.91 Å². The molecular weight excluding hydrogens is 178 g/mol. The van der Waals surface area contributed by atoms with Gasteiger partial charge in [-0.3, -0.25) is 4.79 Å². The molecule has 4 nitrogen and oxygen atoms in total. The monoisotopic (exact) mass is 199 g/mol. The maximum absolute atomic E-state index is 11.5. The van der Waals surface area contributed by atoms with Crippen LogP contribution in [-0.4, -0.2) is 55.0 Å². The van der Waals surface area contributed by atoms with Crippen LogP contribution in [0.1, 0.15) is 19.8 Å². The Kier molecular flexibility index (Phi) is 3.89. The van der Waals surface area contributed by atoms with Crippen LogP contribution in [0.15, 0.2) is 0 Å². The second-order valence-corrected chi connectivity index (χ2v) is 4.28. The van der Waals surface area contributed by atoms with Crippen molar-refractivity contribution in [3.05, 3.63) is 0 Å². The lowest BCUT2D eigenvalue weighted by Gasteiger charge is -2.26. The van der Waals surface area contributed by atoms with Crippen molar-refractivity contribution in [1.29, 1.82) is 0 Å². The first-order chi connectivity index (χ1) is 6.52. The minimum absolute atomic E-state index is 0.0327. The minimum atomic E-state index is -0.383. The molecule has 4 heteroatoms. The minimum Gasteiger partial charge on any atom is -0.343 e. The Hall–Kier alpha value is -0.610. The van der Waals surface area contributed by atoms with Gasteiger partial charge in [0.05, 0.1) is 6.04 Å². The van der Waals surface area contributed by atoms with Gasteiger partial charge in [-0.15, -0.1) is 0 Å². The normalized spacial score (nSPS) is 25.0. The molecule has 0 spiro atoms. The van der Waals surface area contributed by atoms with Crippen molar-refractivity contribution < 1.29 is 4.79 Å². The fraction of sp³-hybridized carbons (Fsp3) is 0.900. The van der Waals surface area contributed by atoms with Crippen molar-refractivity contribution in [2.24, 2.45) is 5.73 Å². The number of likely N-dealkylation sites (tertiary alicyclic amines) is 1. The molecule has 1 heterocycles. The molecule has 2 unspecified atom stereocenters. The summed E-state index contributed by atoms with van der Waals surface area (Å²) in [6.07, 6.45) is 2.43. The molecule has 1 rings (SSSR count). The highest BCUT2D eigenvalue weighted by Gasteiger charge is 2.24. The summed E-state index contributed by atoms with van der Waals surface area (Å²) in [5.41, 5.74) is 5.54. The fourth-order valence-electron chi connectivity index (χ4n) is 1.96. The number of nitrogens with zero attached hydrogens (tertiary/aromatic N) is 2. The number of carbonyl (C=O) groups is 1. The number of likely N-dealkylation sites (N-methyl/N-ethyl adjacent to an activating group) is 2. The highest BCUT2D eigenvalue weighted by atomic mass is 16.2. The molecule has 82 valence electrons. The number of rotatable bonds is 3. The van der Waals surface area contributed by atoms with Gasteiger partial charge in [-0.2, -0.15) is 0 Å². The average Bonchev–Trinajstić information content (AvgIpc) is 2.50. The maximum Gasteiger partial charge on any atom is 0.238 e. The summed E-state index contributed by atoms with van der Waals surface area (Å²) in [4.78, 5) is 15.6. The van der Waals surface area contributed by atoms with Gasteiger partial charge in [-0.25, -0.2) is 0 Å². The Labute approximate surface area is 86.0 Å². The summed E-state index contributed by atoms with van der Waals surface area (Å²) in [6.45, 7) is 3.68. The third kappa shape index (κ3) is 2.69. The van der Waals surface area contributed by atoms with Gasteiger partial charge in [-0.1, -0.05) is 0 Å². The molecule has 0 aromatic carbocycles. The van der Waals surface area contributed by atoms with E-state index in [1.165, 1.54) is 12.8 Å². The zero-order valence-corrected chi connectivity index (χ0v) is 9.36. The van der Waals surface area contributed by atoms with E-state index >= 15 is 0 Å². The second-order valence-electron chi connectivity index (χ2n) is 4.28. The summed E-state index contributed by atoms with van der Waals surface area (Å²) in [6, 6.07) is 0.134. The van der Waals surface area contributed by atoms with Gasteiger partial charge in [0.15, 0.2) is 0 Å². The fourth-order valence-corrected chi connectivity index (χ4v) is 1.96. The van der Waals surface area contributed by atoms with E-state index in [0.717, 1.165) is 13.1 Å². The van der Waals surface area contributed by atoms with Gasteiger partial charge >= 0.3 is 0 Å². The van der Waals surface area contributed by atoms with Crippen LogP contribution in [0.2, 0.25) is 0 Å². The molecule has 1 fully saturated rings. The molecular formula is C10H21N3O. The number of nitrogens with two attached hydrogens (primary N) is 1. The number of carbonyl (C=O) groups excluding carboxylic acids is 1. The standard InChI is InChI=1S/C10H21N3O/c1-8(11)10(14)13(3)7-9-5-4-6-12(9)2/h8-9H,4-7,11H2,1-3H3. The molecule has 1 aliphatic heterocycles. The molecule has 14 heavy (non-hydrogen) atoms. The number of hydrogen-bond acceptors (Lipinski definition) is 3. The Balaban J connectivity index is 2.39. The van der Waals surface area contributed by atoms with E-state index in [1.54, 1.807) is 11.8 Å². The van der Waals surface area contributed by atoms with Crippen molar-refractivity contribution in [2.75, 3.05) is 27.2 Å². The molecule has 0 aromatic heterocycles. The van der Waals surface area contributed by atoms with Crippen LogP contribution in [-0.2, 0) is 4.79 Å². The van der Waals surface area contributed by atoms with E-state index in [-0.39, 0.29) is 11.9 Å². The highest BCUT2D eigenvalue weighted by molar-refractivity contribution is 5.80. The second kappa shape index (κ2) is 4.75. The van der Waals surface area contributed by atoms with E-state index in [0.29, 0.717) is 6.04 Å². The Morgan fingerprint density at radius 3 is 2.79 bits per heavy atom. The molecule has 1 amide bonds. The molecule has 2 atom stereocenters. The summed E-state index contributed by atoms with van der Waals surface area (Å²) in [5, 5.41) is 0. The van der Waals surface area contributed by atoms with Crippen LogP contribution in [0.5, 0.6) is 0 Å². The lowest BCUT2D eigenvalue weighted by atomic mass is 10.2. The summed E-state index contributed by atoms with van der Waals surface area (Å²) >= 11 is 0. The SMILES string of the molecule is CC(N)C(=O)N(C)CC1CCCN1C. The largest absolute Gasteiger partial charge is 0.343 e. The summed E-state index contributed by atoms with van der Waals surface area (Å²) in [7, 11) is 3.94. The van der Waals surface area contributed by atoms with E-state index in [1.807, 2.05) is 7.05 Å². The number of hydrogen-bond donors (Lipinski definition) is 1. The Morgan fingerprint density at radius 2 is 2.36 bits per heavy atom. The zero-order valence-electron chi connectivity index (χ0n) is 9.36. The first kappa shape index (κ1) is 11.5. The van der Waals surface area contributed by atoms with Crippen LogP contribution < -0.4 is 5.73 Å². The Morgan fingerprint density at radius 1 is 1.71 bits per heavy atom. The predicted octanol–water partition coefficient (Wildman–Crippen LogP) is -0.114. The lowest BCUT2D eigenvalue weighted by molar-refractivity contribution is -0.131. The van der Waals surface area contributed by atoms with E-state index < -0.39 is 0 Å². The van der Waals surface area contributed by atoms with E-state index in [2.05, 4.69) is 11.9 Å². The van der Waals surface area contributed by atoms with Crippen molar-refractivity contribution in [2.45, 2.75) is 31.8 Å². The smallest absolute Gasteiger partial charge is 0.238 e. The molecule has 0 radical (unpaired) electrons. The number of amides is 1. The van der Waals surface area contributed by atoms with Crippen molar-refractivity contribution >= 4 is 5.91 Å². The van der Waals surface area contributed by atoms with Crippen molar-refractivity contribution in [3.63, 3.8) is 0 Å². The van der Waals surface area contributed by atoms with Gasteiger partial charge in [0, 0.05) is 19.6 Å². The van der Waals surface area contributed by atoms with Crippen LogP contribution in [0, 0.1) is 0 Å². The van der Waals surface area contributed by atoms with Crippen LogP contribution >= 0.6 is 0 Å². The first-order valence-electron chi connectivity index (χ1n) is 5.23. The molecule has 1 aliphatic rings.